The molecule has 0 unspecified atom stereocenters. The van der Waals surface area contributed by atoms with Crippen molar-refractivity contribution in [3.8, 4) is 0 Å². The molecule has 1 aromatic carbocycles. The van der Waals surface area contributed by atoms with E-state index in [4.69, 9.17) is 0 Å². The number of hydrogen-bond acceptors (Lipinski definition) is 2. The summed E-state index contributed by atoms with van der Waals surface area (Å²) in [7, 11) is 0. The highest BCUT2D eigenvalue weighted by atomic mass is 16.1. The predicted octanol–water partition coefficient (Wildman–Crippen LogP) is 1.95. The molecule has 0 bridgehead atoms. The van der Waals surface area contributed by atoms with Crippen LogP contribution in [-0.4, -0.2) is 23.9 Å². The van der Waals surface area contributed by atoms with E-state index in [1.807, 2.05) is 12.1 Å². The minimum atomic E-state index is 0.327. The first-order valence-corrected chi connectivity index (χ1v) is 5.17. The minimum Gasteiger partial charge on any atom is -0.350 e. The van der Waals surface area contributed by atoms with Crippen LogP contribution in [0.5, 0.6) is 0 Å². The lowest BCUT2D eigenvalue weighted by molar-refractivity contribution is -0.116. The lowest BCUT2D eigenvalue weighted by Gasteiger charge is -2.13. The summed E-state index contributed by atoms with van der Waals surface area (Å²) in [5.41, 5.74) is 1.13. The van der Waals surface area contributed by atoms with Crippen molar-refractivity contribution in [1.82, 2.24) is 4.98 Å². The van der Waals surface area contributed by atoms with Crippen molar-refractivity contribution in [3.05, 3.63) is 30.3 Å². The molecule has 1 saturated heterocycles. The fraction of sp³-hybridized carbons (Fsp3) is 0.250. The van der Waals surface area contributed by atoms with Gasteiger partial charge in [0.05, 0.1) is 6.54 Å². The third kappa shape index (κ3) is 1.40. The molecule has 1 aliphatic heterocycles. The Morgan fingerprint density at radius 1 is 1.27 bits per heavy atom. The molecule has 0 atom stereocenters. The van der Waals surface area contributed by atoms with Crippen LogP contribution < -0.4 is 4.90 Å². The number of H-pyrrole nitrogens is 1. The molecule has 2 aromatic rings. The van der Waals surface area contributed by atoms with Crippen LogP contribution in [0.2, 0.25) is 0 Å². The third-order valence-corrected chi connectivity index (χ3v) is 2.88. The molecule has 0 radical (unpaired) electrons. The fourth-order valence-corrected chi connectivity index (χ4v) is 2.06. The van der Waals surface area contributed by atoms with E-state index in [1.54, 1.807) is 0 Å². The smallest absolute Gasteiger partial charge is 0.153 e. The van der Waals surface area contributed by atoms with Gasteiger partial charge in [0, 0.05) is 23.9 Å². The van der Waals surface area contributed by atoms with Gasteiger partial charge in [-0.1, -0.05) is 18.2 Å². The predicted molar refractivity (Wildman–Crippen MR) is 60.1 cm³/mol. The topological polar surface area (TPSA) is 36.1 Å². The Kier molecular flexibility index (Phi) is 1.78. The van der Waals surface area contributed by atoms with Crippen LogP contribution >= 0.6 is 0 Å². The molecule has 1 fully saturated rings. The monoisotopic (exact) mass is 200 g/mol. The van der Waals surface area contributed by atoms with Gasteiger partial charge in [-0.15, -0.1) is 0 Å². The van der Waals surface area contributed by atoms with Gasteiger partial charge in [-0.05, 0) is 12.1 Å². The van der Waals surface area contributed by atoms with E-state index < -0.39 is 0 Å². The van der Waals surface area contributed by atoms with Gasteiger partial charge in [-0.2, -0.15) is 0 Å². The second kappa shape index (κ2) is 3.12. The molecule has 15 heavy (non-hydrogen) atoms. The first-order chi connectivity index (χ1) is 7.33. The van der Waals surface area contributed by atoms with Crippen LogP contribution in [0, 0.1) is 0 Å². The summed E-state index contributed by atoms with van der Waals surface area (Å²) in [6.45, 7) is 1.39. The zero-order chi connectivity index (χ0) is 10.3. The van der Waals surface area contributed by atoms with E-state index in [-0.39, 0.29) is 0 Å². The van der Waals surface area contributed by atoms with Crippen LogP contribution in [0.3, 0.4) is 0 Å². The van der Waals surface area contributed by atoms with Crippen molar-refractivity contribution in [3.63, 3.8) is 0 Å². The molecule has 3 heteroatoms. The second-order valence-electron chi connectivity index (χ2n) is 3.95. The van der Waals surface area contributed by atoms with E-state index in [9.17, 15) is 4.79 Å². The Labute approximate surface area is 87.7 Å². The number of para-hydroxylation sites is 1. The van der Waals surface area contributed by atoms with Gasteiger partial charge in [-0.25, -0.2) is 0 Å². The number of rotatable bonds is 1. The molecule has 3 rings (SSSR count). The Bertz CT molecular complexity index is 482. The van der Waals surface area contributed by atoms with Crippen LogP contribution in [0.1, 0.15) is 6.42 Å². The Balaban J connectivity index is 2.01. The van der Waals surface area contributed by atoms with Crippen molar-refractivity contribution >= 4 is 22.5 Å². The molecule has 0 spiro atoms. The standard InChI is InChI=1S/C12H12N2O/c15-10-5-6-14(8-10)12-7-9-3-1-2-4-11(9)13-12/h1-4,7,13H,5-6,8H2. The summed E-state index contributed by atoms with van der Waals surface area (Å²) in [5, 5.41) is 1.20. The number of nitrogens with one attached hydrogen (secondary N) is 1. The second-order valence-corrected chi connectivity index (χ2v) is 3.95. The van der Waals surface area contributed by atoms with Crippen LogP contribution in [0.4, 0.5) is 5.82 Å². The first-order valence-electron chi connectivity index (χ1n) is 5.17. The zero-order valence-electron chi connectivity index (χ0n) is 8.36. The largest absolute Gasteiger partial charge is 0.350 e. The molecule has 2 heterocycles. The number of carbonyl (C=O) groups excluding carboxylic acids is 1. The normalized spacial score (nSPS) is 16.5. The summed E-state index contributed by atoms with van der Waals surface area (Å²) < 4.78 is 0. The number of aromatic nitrogens is 1. The summed E-state index contributed by atoms with van der Waals surface area (Å²) in [6.07, 6.45) is 0.676. The molecule has 3 nitrogen and oxygen atoms in total. The third-order valence-electron chi connectivity index (χ3n) is 2.88. The van der Waals surface area contributed by atoms with E-state index in [0.717, 1.165) is 17.9 Å². The number of aromatic amines is 1. The molecule has 0 aliphatic carbocycles. The van der Waals surface area contributed by atoms with Crippen molar-refractivity contribution in [2.24, 2.45) is 0 Å². The summed E-state index contributed by atoms with van der Waals surface area (Å²) in [5.74, 6) is 1.38. The SMILES string of the molecule is O=C1CCN(c2cc3ccccc3[nH]2)C1. The number of fused-ring (bicyclic) bond motifs is 1. The number of ketones is 1. The van der Waals surface area contributed by atoms with Gasteiger partial charge in [0.1, 0.15) is 5.82 Å². The van der Waals surface area contributed by atoms with Crippen LogP contribution in [-0.2, 0) is 4.79 Å². The molecule has 1 aromatic heterocycles. The highest BCUT2D eigenvalue weighted by Gasteiger charge is 2.20. The maximum absolute atomic E-state index is 11.2. The van der Waals surface area contributed by atoms with Crippen LogP contribution in [0.15, 0.2) is 30.3 Å². The molecule has 0 amide bonds. The van der Waals surface area contributed by atoms with E-state index in [1.165, 1.54) is 5.39 Å². The number of carbonyl (C=O) groups is 1. The molecular formula is C12H12N2O. The van der Waals surface area contributed by atoms with Gasteiger partial charge in [0.25, 0.3) is 0 Å². The maximum atomic E-state index is 11.2. The Morgan fingerprint density at radius 3 is 2.87 bits per heavy atom. The molecule has 76 valence electrons. The van der Waals surface area contributed by atoms with Crippen molar-refractivity contribution < 1.29 is 4.79 Å². The minimum absolute atomic E-state index is 0.327. The summed E-state index contributed by atoms with van der Waals surface area (Å²) in [4.78, 5) is 16.6. The van der Waals surface area contributed by atoms with Crippen molar-refractivity contribution in [2.45, 2.75) is 6.42 Å². The quantitative estimate of drug-likeness (QED) is 0.763. The van der Waals surface area contributed by atoms with Crippen molar-refractivity contribution in [2.75, 3.05) is 18.0 Å². The molecule has 0 saturated carbocycles. The number of anilines is 1. The molecule has 1 N–H and O–H groups in total. The average Bonchev–Trinajstić information content (AvgIpc) is 2.82. The number of hydrogen-bond donors (Lipinski definition) is 1. The number of benzene rings is 1. The lowest BCUT2D eigenvalue weighted by atomic mass is 10.2. The van der Waals surface area contributed by atoms with Gasteiger partial charge < -0.3 is 9.88 Å². The molecular weight excluding hydrogens is 188 g/mol. The highest BCUT2D eigenvalue weighted by molar-refractivity contribution is 5.89. The van der Waals surface area contributed by atoms with Gasteiger partial charge in [0.2, 0.25) is 0 Å². The maximum Gasteiger partial charge on any atom is 0.153 e. The fourth-order valence-electron chi connectivity index (χ4n) is 2.06. The first kappa shape index (κ1) is 8.53. The van der Waals surface area contributed by atoms with Crippen LogP contribution in [0.25, 0.3) is 10.9 Å². The van der Waals surface area contributed by atoms with E-state index in [2.05, 4.69) is 28.1 Å². The Morgan fingerprint density at radius 2 is 2.13 bits per heavy atom. The average molecular weight is 200 g/mol. The highest BCUT2D eigenvalue weighted by Crippen LogP contribution is 2.23. The van der Waals surface area contributed by atoms with E-state index >= 15 is 0 Å². The van der Waals surface area contributed by atoms with Gasteiger partial charge >= 0.3 is 0 Å². The van der Waals surface area contributed by atoms with Crippen molar-refractivity contribution in [1.29, 1.82) is 0 Å². The van der Waals surface area contributed by atoms with E-state index in [0.29, 0.717) is 18.7 Å². The van der Waals surface area contributed by atoms with Gasteiger partial charge in [-0.3, -0.25) is 4.79 Å². The van der Waals surface area contributed by atoms with Gasteiger partial charge in [0.15, 0.2) is 5.78 Å². The lowest BCUT2D eigenvalue weighted by Crippen LogP contribution is -2.19. The zero-order valence-corrected chi connectivity index (χ0v) is 8.36. The summed E-state index contributed by atoms with van der Waals surface area (Å²) in [6, 6.07) is 10.3. The summed E-state index contributed by atoms with van der Waals surface area (Å²) >= 11 is 0. The molecule has 1 aliphatic rings. The number of nitrogens with zero attached hydrogens (tertiary/aromatic N) is 1. The number of Topliss-reactive ketones (excluding diaryl/α,β-unsaturated/α-hetero) is 1. The Hall–Kier alpha value is -1.77.